The number of benzene rings is 3. The number of anilines is 1. The average Bonchev–Trinajstić information content (AvgIpc) is 3.70. The Hall–Kier alpha value is -4.41. The summed E-state index contributed by atoms with van der Waals surface area (Å²) in [5, 5.41) is 20.5. The summed E-state index contributed by atoms with van der Waals surface area (Å²) in [5.74, 6) is 0.231. The third kappa shape index (κ3) is 5.80. The molecule has 1 amide bonds. The van der Waals surface area contributed by atoms with E-state index in [-0.39, 0.29) is 22.6 Å². The molecule has 43 heavy (non-hydrogen) atoms. The van der Waals surface area contributed by atoms with Crippen LogP contribution in [0.2, 0.25) is 0 Å². The predicted molar refractivity (Wildman–Crippen MR) is 168 cm³/mol. The number of aliphatic hydroxyl groups is 1. The number of nitrogens with zero attached hydrogens (tertiary/aromatic N) is 3. The van der Waals surface area contributed by atoms with Crippen LogP contribution in [0, 0.1) is 6.92 Å². The van der Waals surface area contributed by atoms with Crippen LogP contribution in [0.4, 0.5) is 5.13 Å². The lowest BCUT2D eigenvalue weighted by Crippen LogP contribution is -2.29. The van der Waals surface area contributed by atoms with Gasteiger partial charge in [-0.2, -0.15) is 0 Å². The van der Waals surface area contributed by atoms with E-state index >= 15 is 0 Å². The number of thioether (sulfide) groups is 1. The van der Waals surface area contributed by atoms with Crippen LogP contribution in [0.1, 0.15) is 40.8 Å². The molecule has 2 aliphatic heterocycles. The Morgan fingerprint density at radius 1 is 1.14 bits per heavy atom. The first-order valence-electron chi connectivity index (χ1n) is 13.8. The number of aryl methyl sites for hydroxylation is 1. The van der Waals surface area contributed by atoms with Crippen LogP contribution in [0.25, 0.3) is 5.76 Å². The Kier molecular flexibility index (Phi) is 8.05. The molecule has 218 valence electrons. The van der Waals surface area contributed by atoms with Crippen molar-refractivity contribution in [3.05, 3.63) is 113 Å². The summed E-state index contributed by atoms with van der Waals surface area (Å²) in [6, 6.07) is 19.7. The molecule has 2 unspecified atom stereocenters. The first-order chi connectivity index (χ1) is 20.8. The number of amides is 1. The molecule has 1 saturated heterocycles. The van der Waals surface area contributed by atoms with Crippen molar-refractivity contribution in [2.75, 3.05) is 11.5 Å². The minimum atomic E-state index is -0.917. The van der Waals surface area contributed by atoms with Gasteiger partial charge in [0.15, 0.2) is 4.34 Å². The van der Waals surface area contributed by atoms with E-state index in [2.05, 4.69) is 41.0 Å². The summed E-state index contributed by atoms with van der Waals surface area (Å²) in [7, 11) is 0. The van der Waals surface area contributed by atoms with Gasteiger partial charge in [-0.1, -0.05) is 77.7 Å². The number of Topliss-reactive ketones (excluding diaryl/α,β-unsaturated/α-hetero) is 1. The van der Waals surface area contributed by atoms with Crippen LogP contribution in [0.5, 0.6) is 11.5 Å². The molecule has 1 N–H and O–H groups in total. The lowest BCUT2D eigenvalue weighted by atomic mass is 9.94. The van der Waals surface area contributed by atoms with Crippen molar-refractivity contribution in [2.45, 2.75) is 42.5 Å². The third-order valence-electron chi connectivity index (χ3n) is 7.26. The van der Waals surface area contributed by atoms with E-state index in [0.29, 0.717) is 40.0 Å². The molecule has 2 atom stereocenters. The maximum atomic E-state index is 13.6. The fourth-order valence-electron chi connectivity index (χ4n) is 5.16. The van der Waals surface area contributed by atoms with Gasteiger partial charge in [0.05, 0.1) is 11.6 Å². The van der Waals surface area contributed by atoms with Gasteiger partial charge in [-0.05, 0) is 60.9 Å². The highest BCUT2D eigenvalue weighted by Crippen LogP contribution is 2.45. The fraction of sp³-hybridized carbons (Fsp3) is 0.212. The number of carbonyl (C=O) groups excluding carboxylic acids is 2. The van der Waals surface area contributed by atoms with Crippen molar-refractivity contribution >= 4 is 45.7 Å². The van der Waals surface area contributed by atoms with Crippen molar-refractivity contribution in [3.8, 4) is 11.5 Å². The zero-order chi connectivity index (χ0) is 30.1. The fourth-order valence-corrected chi connectivity index (χ4v) is 6.98. The smallest absolute Gasteiger partial charge is 0.301 e. The second-order valence-corrected chi connectivity index (χ2v) is 12.6. The Labute approximate surface area is 257 Å². The van der Waals surface area contributed by atoms with Gasteiger partial charge in [0.1, 0.15) is 30.0 Å². The normalized spacial score (nSPS) is 18.9. The first kappa shape index (κ1) is 28.7. The summed E-state index contributed by atoms with van der Waals surface area (Å²) in [6.07, 6.45) is 2.36. The van der Waals surface area contributed by atoms with Gasteiger partial charge >= 0.3 is 5.91 Å². The maximum Gasteiger partial charge on any atom is 0.301 e. The monoisotopic (exact) mass is 611 g/mol. The van der Waals surface area contributed by atoms with Crippen LogP contribution >= 0.6 is 23.1 Å². The number of aliphatic hydroxyl groups excluding tert-OH is 1. The van der Waals surface area contributed by atoms with E-state index in [1.54, 1.807) is 42.5 Å². The van der Waals surface area contributed by atoms with Gasteiger partial charge in [-0.25, -0.2) is 0 Å². The van der Waals surface area contributed by atoms with E-state index < -0.39 is 17.7 Å². The van der Waals surface area contributed by atoms with Gasteiger partial charge in [-0.15, -0.1) is 10.2 Å². The number of ether oxygens (including phenoxy) is 2. The van der Waals surface area contributed by atoms with Crippen LogP contribution < -0.4 is 14.4 Å². The predicted octanol–water partition coefficient (Wildman–Crippen LogP) is 6.65. The highest BCUT2D eigenvalue weighted by Gasteiger charge is 2.48. The molecule has 1 fully saturated rings. The number of ketones is 1. The molecule has 4 aromatic rings. The molecular weight excluding hydrogens is 583 g/mol. The number of rotatable bonds is 9. The minimum Gasteiger partial charge on any atom is -0.507 e. The van der Waals surface area contributed by atoms with Crippen LogP contribution in [-0.2, 0) is 21.8 Å². The lowest BCUT2D eigenvalue weighted by Gasteiger charge is -2.22. The van der Waals surface area contributed by atoms with Gasteiger partial charge in [0, 0.05) is 17.7 Å². The Balaban J connectivity index is 1.37. The van der Waals surface area contributed by atoms with Crippen LogP contribution in [0.3, 0.4) is 0 Å². The summed E-state index contributed by atoms with van der Waals surface area (Å²) >= 11 is 2.74. The molecule has 6 rings (SSSR count). The van der Waals surface area contributed by atoms with Crippen molar-refractivity contribution in [2.24, 2.45) is 0 Å². The van der Waals surface area contributed by atoms with E-state index in [4.69, 9.17) is 9.47 Å². The van der Waals surface area contributed by atoms with Crippen LogP contribution in [-0.4, -0.2) is 39.7 Å². The first-order valence-corrected chi connectivity index (χ1v) is 15.6. The molecule has 3 heterocycles. The van der Waals surface area contributed by atoms with E-state index in [1.807, 2.05) is 19.9 Å². The molecule has 0 radical (unpaired) electrons. The highest BCUT2D eigenvalue weighted by molar-refractivity contribution is 8.00. The third-order valence-corrected chi connectivity index (χ3v) is 9.39. The molecule has 0 spiro atoms. The number of aromatic nitrogens is 2. The molecule has 10 heteroatoms. The number of hydrogen-bond acceptors (Lipinski definition) is 9. The van der Waals surface area contributed by atoms with Crippen molar-refractivity contribution < 1.29 is 24.2 Å². The SMILES string of the molecule is C=CCOc1ccc(C2/C(=C(\O)c3ccc4c(c3)CC(C)O4)C(=O)C(=O)N2c2nnc(SCc3ccc(C)cc3)s2)cc1. The summed E-state index contributed by atoms with van der Waals surface area (Å²) in [5.41, 5.74) is 4.31. The van der Waals surface area contributed by atoms with E-state index in [1.165, 1.54) is 33.6 Å². The second kappa shape index (κ2) is 12.1. The van der Waals surface area contributed by atoms with Gasteiger partial charge in [0.2, 0.25) is 5.13 Å². The standard InChI is InChI=1S/C33H29N3O5S2/c1-4-15-40-25-12-9-22(10-13-25)28-27(29(37)23-11-14-26-24(17-23)16-20(3)41-26)30(38)31(39)36(28)32-34-35-33(43-32)42-18-21-7-5-19(2)6-8-21/h4-14,17,20,28,37H,1,15-16,18H2,2-3H3/b29-27+. The molecule has 3 aromatic carbocycles. The van der Waals surface area contributed by atoms with Gasteiger partial charge in [-0.3, -0.25) is 14.5 Å². The zero-order valence-corrected chi connectivity index (χ0v) is 25.3. The summed E-state index contributed by atoms with van der Waals surface area (Å²) < 4.78 is 12.1. The topological polar surface area (TPSA) is 102 Å². The molecule has 0 saturated carbocycles. The summed E-state index contributed by atoms with van der Waals surface area (Å²) in [6.45, 7) is 8.03. The molecular formula is C33H29N3O5S2. The highest BCUT2D eigenvalue weighted by atomic mass is 32.2. The van der Waals surface area contributed by atoms with Gasteiger partial charge in [0.25, 0.3) is 5.78 Å². The van der Waals surface area contributed by atoms with E-state index in [9.17, 15) is 14.7 Å². The Bertz CT molecular complexity index is 1730. The largest absolute Gasteiger partial charge is 0.507 e. The summed E-state index contributed by atoms with van der Waals surface area (Å²) in [4.78, 5) is 28.5. The minimum absolute atomic E-state index is 0.0132. The van der Waals surface area contributed by atoms with E-state index in [0.717, 1.165) is 16.9 Å². The molecule has 0 bridgehead atoms. The number of hydrogen-bond donors (Lipinski definition) is 1. The zero-order valence-electron chi connectivity index (χ0n) is 23.6. The number of carbonyl (C=O) groups is 2. The Morgan fingerprint density at radius 2 is 1.91 bits per heavy atom. The average molecular weight is 612 g/mol. The quantitative estimate of drug-likeness (QED) is 0.0561. The lowest BCUT2D eigenvalue weighted by molar-refractivity contribution is -0.132. The molecule has 0 aliphatic carbocycles. The van der Waals surface area contributed by atoms with Crippen molar-refractivity contribution in [3.63, 3.8) is 0 Å². The van der Waals surface area contributed by atoms with Crippen molar-refractivity contribution in [1.29, 1.82) is 0 Å². The number of fused-ring (bicyclic) bond motifs is 1. The van der Waals surface area contributed by atoms with Crippen LogP contribution in [0.15, 0.2) is 89.3 Å². The van der Waals surface area contributed by atoms with Crippen molar-refractivity contribution in [1.82, 2.24) is 10.2 Å². The molecule has 8 nitrogen and oxygen atoms in total. The molecule has 2 aliphatic rings. The Morgan fingerprint density at radius 3 is 2.65 bits per heavy atom. The maximum absolute atomic E-state index is 13.6. The van der Waals surface area contributed by atoms with Gasteiger partial charge < -0.3 is 14.6 Å². The molecule has 1 aromatic heterocycles. The second-order valence-electron chi connectivity index (χ2n) is 10.4.